The number of carbonyl (C=O) groups is 1. The van der Waals surface area contributed by atoms with Crippen molar-refractivity contribution in [3.8, 4) is 0 Å². The number of halogens is 1. The van der Waals surface area contributed by atoms with Crippen LogP contribution in [-0.4, -0.2) is 26.4 Å². The third-order valence-corrected chi connectivity index (χ3v) is 6.69. The van der Waals surface area contributed by atoms with Crippen molar-refractivity contribution in [2.75, 3.05) is 11.1 Å². The van der Waals surface area contributed by atoms with E-state index in [1.807, 2.05) is 36.4 Å². The van der Waals surface area contributed by atoms with Crippen molar-refractivity contribution < 1.29 is 4.79 Å². The summed E-state index contributed by atoms with van der Waals surface area (Å²) >= 11 is 9.09. The predicted molar refractivity (Wildman–Crippen MR) is 128 cm³/mol. The summed E-state index contributed by atoms with van der Waals surface area (Å²) in [6.07, 6.45) is 1.60. The van der Waals surface area contributed by atoms with Gasteiger partial charge in [0, 0.05) is 28.6 Å². The van der Waals surface area contributed by atoms with Crippen molar-refractivity contribution in [3.63, 3.8) is 0 Å². The van der Waals surface area contributed by atoms with Crippen LogP contribution in [0.5, 0.6) is 0 Å². The Balaban J connectivity index is 1.45. The van der Waals surface area contributed by atoms with Crippen LogP contribution in [0.4, 0.5) is 5.69 Å². The summed E-state index contributed by atoms with van der Waals surface area (Å²) in [6, 6.07) is 21.6. The van der Waals surface area contributed by atoms with Crippen molar-refractivity contribution in [1.29, 1.82) is 0 Å². The number of hydrogen-bond acceptors (Lipinski definition) is 5. The average Bonchev–Trinajstić information content (AvgIpc) is 3.42. The second kappa shape index (κ2) is 10.6. The van der Waals surface area contributed by atoms with Gasteiger partial charge in [-0.15, -0.1) is 21.5 Å². The molecule has 0 bridgehead atoms. The van der Waals surface area contributed by atoms with E-state index in [1.54, 1.807) is 23.5 Å². The standard InChI is InChI=1S/C23H21ClN4OS2/c24-18-8-4-9-19(14-18)25-22(29)16-31-23-27-26-21(15-20-10-5-13-30-20)28(23)12-11-17-6-2-1-3-7-17/h1-10,13-14H,11-12,15-16H2,(H,25,29). The van der Waals surface area contributed by atoms with Crippen molar-refractivity contribution in [2.45, 2.75) is 24.5 Å². The van der Waals surface area contributed by atoms with Gasteiger partial charge >= 0.3 is 0 Å². The van der Waals surface area contributed by atoms with Gasteiger partial charge in [-0.25, -0.2) is 0 Å². The Morgan fingerprint density at radius 3 is 2.71 bits per heavy atom. The van der Waals surface area contributed by atoms with Crippen LogP contribution in [0, 0.1) is 0 Å². The molecule has 0 aliphatic carbocycles. The van der Waals surface area contributed by atoms with Gasteiger partial charge in [-0.05, 0) is 41.6 Å². The van der Waals surface area contributed by atoms with Crippen molar-refractivity contribution in [1.82, 2.24) is 14.8 Å². The number of thioether (sulfide) groups is 1. The molecule has 0 fully saturated rings. The molecule has 1 N–H and O–H groups in total. The summed E-state index contributed by atoms with van der Waals surface area (Å²) in [5.41, 5.74) is 1.94. The second-order valence-corrected chi connectivity index (χ2v) is 9.30. The van der Waals surface area contributed by atoms with E-state index in [0.29, 0.717) is 10.7 Å². The van der Waals surface area contributed by atoms with E-state index in [1.165, 1.54) is 22.2 Å². The molecule has 2 heterocycles. The molecule has 0 aliphatic rings. The topological polar surface area (TPSA) is 59.8 Å². The number of hydrogen-bond donors (Lipinski definition) is 1. The zero-order valence-corrected chi connectivity index (χ0v) is 19.1. The lowest BCUT2D eigenvalue weighted by atomic mass is 10.1. The van der Waals surface area contributed by atoms with E-state index in [0.717, 1.165) is 30.4 Å². The predicted octanol–water partition coefficient (Wildman–Crippen LogP) is 5.56. The first-order chi connectivity index (χ1) is 15.2. The lowest BCUT2D eigenvalue weighted by molar-refractivity contribution is -0.113. The van der Waals surface area contributed by atoms with E-state index in [4.69, 9.17) is 11.6 Å². The minimum absolute atomic E-state index is 0.107. The van der Waals surface area contributed by atoms with Gasteiger partial charge in [0.2, 0.25) is 5.91 Å². The maximum Gasteiger partial charge on any atom is 0.234 e. The van der Waals surface area contributed by atoms with Crippen molar-refractivity contribution in [3.05, 3.63) is 93.4 Å². The number of amides is 1. The van der Waals surface area contributed by atoms with Crippen LogP contribution >= 0.6 is 34.7 Å². The number of thiophene rings is 1. The minimum Gasteiger partial charge on any atom is -0.325 e. The quantitative estimate of drug-likeness (QED) is 0.327. The Bertz CT molecular complexity index is 1130. The van der Waals surface area contributed by atoms with Gasteiger partial charge in [0.25, 0.3) is 0 Å². The Morgan fingerprint density at radius 2 is 1.94 bits per heavy atom. The first-order valence-electron chi connectivity index (χ1n) is 9.84. The Kier molecular flexibility index (Phi) is 7.40. The van der Waals surface area contributed by atoms with E-state index in [-0.39, 0.29) is 11.7 Å². The van der Waals surface area contributed by atoms with E-state index in [2.05, 4.69) is 43.7 Å². The first-order valence-corrected chi connectivity index (χ1v) is 12.1. The molecule has 5 nitrogen and oxygen atoms in total. The molecular weight excluding hydrogens is 448 g/mol. The fraction of sp³-hybridized carbons (Fsp3) is 0.174. The molecule has 0 spiro atoms. The molecule has 1 amide bonds. The van der Waals surface area contributed by atoms with Crippen LogP contribution < -0.4 is 5.32 Å². The molecule has 4 aromatic rings. The third kappa shape index (κ3) is 6.19. The number of nitrogens with zero attached hydrogens (tertiary/aromatic N) is 3. The molecule has 2 aromatic carbocycles. The van der Waals surface area contributed by atoms with Gasteiger partial charge in [0.1, 0.15) is 5.82 Å². The molecule has 2 aromatic heterocycles. The fourth-order valence-corrected chi connectivity index (χ4v) is 4.80. The van der Waals surface area contributed by atoms with Crippen LogP contribution in [0.3, 0.4) is 0 Å². The van der Waals surface area contributed by atoms with Gasteiger partial charge in [-0.1, -0.05) is 65.8 Å². The highest BCUT2D eigenvalue weighted by molar-refractivity contribution is 7.99. The number of aryl methyl sites for hydroxylation is 1. The number of anilines is 1. The summed E-state index contributed by atoms with van der Waals surface area (Å²) in [6.45, 7) is 0.760. The first kappa shape index (κ1) is 21.6. The van der Waals surface area contributed by atoms with Crippen LogP contribution in [0.15, 0.2) is 77.3 Å². The lowest BCUT2D eigenvalue weighted by Crippen LogP contribution is -2.15. The van der Waals surface area contributed by atoms with E-state index >= 15 is 0 Å². The highest BCUT2D eigenvalue weighted by Crippen LogP contribution is 2.22. The molecule has 0 aliphatic heterocycles. The largest absolute Gasteiger partial charge is 0.325 e. The third-order valence-electron chi connectivity index (χ3n) is 4.61. The summed E-state index contributed by atoms with van der Waals surface area (Å²) in [5.74, 6) is 1.05. The normalized spacial score (nSPS) is 10.9. The van der Waals surface area contributed by atoms with Crippen molar-refractivity contribution >= 4 is 46.3 Å². The number of nitrogens with one attached hydrogen (secondary N) is 1. The summed E-state index contributed by atoms with van der Waals surface area (Å²) in [4.78, 5) is 13.7. The monoisotopic (exact) mass is 468 g/mol. The number of aromatic nitrogens is 3. The maximum absolute atomic E-state index is 12.4. The zero-order chi connectivity index (χ0) is 21.5. The molecule has 158 valence electrons. The van der Waals surface area contributed by atoms with Crippen molar-refractivity contribution in [2.24, 2.45) is 0 Å². The maximum atomic E-state index is 12.4. The van der Waals surface area contributed by atoms with Gasteiger partial charge < -0.3 is 9.88 Å². The van der Waals surface area contributed by atoms with Crippen LogP contribution in [0.2, 0.25) is 5.02 Å². The van der Waals surface area contributed by atoms with Gasteiger partial charge in [0.15, 0.2) is 5.16 Å². The molecule has 31 heavy (non-hydrogen) atoms. The summed E-state index contributed by atoms with van der Waals surface area (Å²) in [5, 5.41) is 15.1. The molecule has 0 saturated carbocycles. The SMILES string of the molecule is O=C(CSc1nnc(Cc2cccs2)n1CCc1ccccc1)Nc1cccc(Cl)c1. The number of rotatable bonds is 9. The molecule has 0 unspecified atom stereocenters. The van der Waals surface area contributed by atoms with Gasteiger partial charge in [-0.3, -0.25) is 4.79 Å². The highest BCUT2D eigenvalue weighted by atomic mass is 35.5. The van der Waals surface area contributed by atoms with E-state index < -0.39 is 0 Å². The second-order valence-electron chi connectivity index (χ2n) is 6.89. The zero-order valence-electron chi connectivity index (χ0n) is 16.7. The Morgan fingerprint density at radius 1 is 1.06 bits per heavy atom. The molecule has 0 radical (unpaired) electrons. The lowest BCUT2D eigenvalue weighted by Gasteiger charge is -2.10. The molecule has 0 atom stereocenters. The highest BCUT2D eigenvalue weighted by Gasteiger charge is 2.15. The van der Waals surface area contributed by atoms with Crippen LogP contribution in [-0.2, 0) is 24.2 Å². The minimum atomic E-state index is -0.107. The van der Waals surface area contributed by atoms with Gasteiger partial charge in [-0.2, -0.15) is 0 Å². The molecule has 8 heteroatoms. The molecular formula is C23H21ClN4OS2. The number of benzene rings is 2. The van der Waals surface area contributed by atoms with E-state index in [9.17, 15) is 4.79 Å². The fourth-order valence-electron chi connectivity index (χ4n) is 3.13. The molecule has 0 saturated heterocycles. The van der Waals surface area contributed by atoms with Gasteiger partial charge in [0.05, 0.1) is 5.75 Å². The Labute approximate surface area is 194 Å². The van der Waals surface area contributed by atoms with Crippen LogP contribution in [0.1, 0.15) is 16.3 Å². The van der Waals surface area contributed by atoms with Crippen LogP contribution in [0.25, 0.3) is 0 Å². The smallest absolute Gasteiger partial charge is 0.234 e. The Hall–Kier alpha value is -2.61. The molecule has 4 rings (SSSR count). The summed E-state index contributed by atoms with van der Waals surface area (Å²) in [7, 11) is 0. The number of carbonyl (C=O) groups excluding carboxylic acids is 1. The average molecular weight is 469 g/mol. The summed E-state index contributed by atoms with van der Waals surface area (Å²) < 4.78 is 2.13.